The molecular weight excluding hydrogens is 246 g/mol. The van der Waals surface area contributed by atoms with Crippen molar-refractivity contribution in [2.75, 3.05) is 0 Å². The van der Waals surface area contributed by atoms with Crippen molar-refractivity contribution in [1.29, 1.82) is 0 Å². The quantitative estimate of drug-likeness (QED) is 0.734. The van der Waals surface area contributed by atoms with Gasteiger partial charge in [0.05, 0.1) is 23.7 Å². The molecule has 1 aromatic carbocycles. The molecule has 0 unspecified atom stereocenters. The molecule has 2 N–H and O–H groups in total. The summed E-state index contributed by atoms with van der Waals surface area (Å²) in [6.07, 6.45) is 1.60. The number of aromatic amines is 1. The van der Waals surface area contributed by atoms with Crippen molar-refractivity contribution in [2.45, 2.75) is 13.0 Å². The topological polar surface area (TPSA) is 96.7 Å². The Balaban J connectivity index is 2.14. The van der Waals surface area contributed by atoms with Crippen LogP contribution in [0, 0.1) is 0 Å². The molecule has 0 amide bonds. The Hall–Kier alpha value is -2.70. The van der Waals surface area contributed by atoms with E-state index in [1.54, 1.807) is 6.20 Å². The predicted octanol–water partition coefficient (Wildman–Crippen LogP) is 1.30. The van der Waals surface area contributed by atoms with Crippen LogP contribution >= 0.6 is 0 Å². The van der Waals surface area contributed by atoms with Crippen molar-refractivity contribution in [3.63, 3.8) is 0 Å². The molecular formula is C12H11N5O2. The molecule has 0 atom stereocenters. The maximum Gasteiger partial charge on any atom is 0.305 e. The van der Waals surface area contributed by atoms with Gasteiger partial charge in [-0.15, -0.1) is 0 Å². The van der Waals surface area contributed by atoms with E-state index in [2.05, 4.69) is 20.4 Å². The van der Waals surface area contributed by atoms with Gasteiger partial charge in [0.1, 0.15) is 5.69 Å². The van der Waals surface area contributed by atoms with E-state index in [0.29, 0.717) is 18.1 Å². The maximum absolute atomic E-state index is 10.8. The van der Waals surface area contributed by atoms with E-state index in [4.69, 9.17) is 5.11 Å². The van der Waals surface area contributed by atoms with Crippen molar-refractivity contribution in [3.8, 4) is 11.5 Å². The lowest BCUT2D eigenvalue weighted by molar-refractivity contribution is -0.137. The van der Waals surface area contributed by atoms with Crippen LogP contribution in [0.1, 0.15) is 6.42 Å². The van der Waals surface area contributed by atoms with Gasteiger partial charge in [-0.3, -0.25) is 4.79 Å². The van der Waals surface area contributed by atoms with E-state index in [1.165, 1.54) is 0 Å². The zero-order valence-electron chi connectivity index (χ0n) is 9.95. The van der Waals surface area contributed by atoms with Crippen LogP contribution in [0.25, 0.3) is 22.6 Å². The number of carbonyl (C=O) groups is 1. The fourth-order valence-corrected chi connectivity index (χ4v) is 2.01. The molecule has 0 aliphatic rings. The number of hydrogen-bond acceptors (Lipinski definition) is 4. The standard InChI is InChI=1S/C12H11N5O2/c18-11(19)5-6-17-10-4-2-1-3-8(10)14-12(17)9-7-13-16-15-9/h1-4,7H,5-6H2,(H,18,19)(H,13,15,16). The Kier molecular flexibility index (Phi) is 2.71. The Bertz CT molecular complexity index is 717. The molecule has 2 aromatic heterocycles. The smallest absolute Gasteiger partial charge is 0.305 e. The molecule has 0 saturated heterocycles. The number of rotatable bonds is 4. The van der Waals surface area contributed by atoms with E-state index in [1.807, 2.05) is 28.8 Å². The van der Waals surface area contributed by atoms with E-state index in [-0.39, 0.29) is 6.42 Å². The first-order valence-electron chi connectivity index (χ1n) is 5.79. The summed E-state index contributed by atoms with van der Waals surface area (Å²) in [6.45, 7) is 0.345. The highest BCUT2D eigenvalue weighted by Gasteiger charge is 2.14. The van der Waals surface area contributed by atoms with Gasteiger partial charge in [0.2, 0.25) is 0 Å². The Labute approximate surface area is 107 Å². The van der Waals surface area contributed by atoms with Crippen LogP contribution in [-0.2, 0) is 11.3 Å². The lowest BCUT2D eigenvalue weighted by atomic mass is 10.3. The van der Waals surface area contributed by atoms with Crippen molar-refractivity contribution in [2.24, 2.45) is 0 Å². The summed E-state index contributed by atoms with van der Waals surface area (Å²) in [4.78, 5) is 15.2. The van der Waals surface area contributed by atoms with Gasteiger partial charge < -0.3 is 9.67 Å². The number of hydrogen-bond donors (Lipinski definition) is 2. The van der Waals surface area contributed by atoms with Gasteiger partial charge in [-0.25, -0.2) is 4.98 Å². The van der Waals surface area contributed by atoms with Gasteiger partial charge in [-0.2, -0.15) is 15.4 Å². The summed E-state index contributed by atoms with van der Waals surface area (Å²) in [7, 11) is 0. The molecule has 0 fully saturated rings. The number of aromatic nitrogens is 5. The Morgan fingerprint density at radius 3 is 2.95 bits per heavy atom. The molecule has 7 heteroatoms. The fraction of sp³-hybridized carbons (Fsp3) is 0.167. The number of carboxylic acids is 1. The van der Waals surface area contributed by atoms with Crippen LogP contribution in [0.5, 0.6) is 0 Å². The highest BCUT2D eigenvalue weighted by atomic mass is 16.4. The Morgan fingerprint density at radius 2 is 2.21 bits per heavy atom. The highest BCUT2D eigenvalue weighted by molar-refractivity contribution is 5.80. The van der Waals surface area contributed by atoms with Gasteiger partial charge in [0.25, 0.3) is 0 Å². The largest absolute Gasteiger partial charge is 0.481 e. The van der Waals surface area contributed by atoms with Crippen LogP contribution in [0.4, 0.5) is 0 Å². The third kappa shape index (κ3) is 2.05. The summed E-state index contributed by atoms with van der Waals surface area (Å²) in [6, 6.07) is 7.58. The zero-order chi connectivity index (χ0) is 13.2. The minimum absolute atomic E-state index is 0.0329. The zero-order valence-corrected chi connectivity index (χ0v) is 9.95. The minimum atomic E-state index is -0.844. The molecule has 0 aliphatic heterocycles. The summed E-state index contributed by atoms with van der Waals surface area (Å²) in [5.41, 5.74) is 2.30. The van der Waals surface area contributed by atoms with E-state index < -0.39 is 5.97 Å². The van der Waals surface area contributed by atoms with Gasteiger partial charge in [-0.1, -0.05) is 12.1 Å². The number of fused-ring (bicyclic) bond motifs is 1. The minimum Gasteiger partial charge on any atom is -0.481 e. The van der Waals surface area contributed by atoms with Gasteiger partial charge in [0, 0.05) is 6.54 Å². The number of nitrogens with one attached hydrogen (secondary N) is 1. The van der Waals surface area contributed by atoms with E-state index in [0.717, 1.165) is 11.0 Å². The SMILES string of the molecule is O=C(O)CCn1c(-c2cn[nH]n2)nc2ccccc21. The van der Waals surface area contributed by atoms with E-state index >= 15 is 0 Å². The second-order valence-corrected chi connectivity index (χ2v) is 4.07. The molecule has 19 heavy (non-hydrogen) atoms. The average Bonchev–Trinajstić information content (AvgIpc) is 3.03. The van der Waals surface area contributed by atoms with Crippen molar-refractivity contribution < 1.29 is 9.90 Å². The number of aryl methyl sites for hydroxylation is 1. The predicted molar refractivity (Wildman–Crippen MR) is 67.4 cm³/mol. The summed E-state index contributed by atoms with van der Waals surface area (Å²) >= 11 is 0. The van der Waals surface area contributed by atoms with Crippen molar-refractivity contribution in [1.82, 2.24) is 25.0 Å². The van der Waals surface area contributed by atoms with Crippen LogP contribution in [0.15, 0.2) is 30.5 Å². The van der Waals surface area contributed by atoms with Crippen molar-refractivity contribution >= 4 is 17.0 Å². The maximum atomic E-state index is 10.8. The van der Waals surface area contributed by atoms with Crippen LogP contribution in [0.3, 0.4) is 0 Å². The molecule has 0 saturated carbocycles. The molecule has 0 bridgehead atoms. The average molecular weight is 257 g/mol. The number of aliphatic carboxylic acids is 1. The first-order chi connectivity index (χ1) is 9.25. The first kappa shape index (κ1) is 11.4. The lowest BCUT2D eigenvalue weighted by Crippen LogP contribution is -2.06. The molecule has 7 nitrogen and oxygen atoms in total. The lowest BCUT2D eigenvalue weighted by Gasteiger charge is -2.05. The third-order valence-corrected chi connectivity index (χ3v) is 2.85. The first-order valence-corrected chi connectivity index (χ1v) is 5.79. The van der Waals surface area contributed by atoms with Gasteiger partial charge >= 0.3 is 5.97 Å². The number of imidazole rings is 1. The molecule has 0 radical (unpaired) electrons. The summed E-state index contributed by atoms with van der Waals surface area (Å²) in [5.74, 6) is -0.222. The second kappa shape index (κ2) is 4.52. The van der Waals surface area contributed by atoms with Gasteiger partial charge in [0.15, 0.2) is 5.82 Å². The highest BCUT2D eigenvalue weighted by Crippen LogP contribution is 2.22. The number of carboxylic acid groups (broad SMARTS) is 1. The third-order valence-electron chi connectivity index (χ3n) is 2.85. The Morgan fingerprint density at radius 1 is 1.37 bits per heavy atom. The molecule has 0 spiro atoms. The van der Waals surface area contributed by atoms with Crippen LogP contribution in [-0.4, -0.2) is 36.0 Å². The molecule has 2 heterocycles. The number of nitrogens with zero attached hydrogens (tertiary/aromatic N) is 4. The number of benzene rings is 1. The number of para-hydroxylation sites is 2. The molecule has 0 aliphatic carbocycles. The normalized spacial score (nSPS) is 10.9. The fourth-order valence-electron chi connectivity index (χ4n) is 2.01. The molecule has 3 rings (SSSR count). The molecule has 3 aromatic rings. The van der Waals surface area contributed by atoms with Crippen LogP contribution < -0.4 is 0 Å². The second-order valence-electron chi connectivity index (χ2n) is 4.07. The summed E-state index contributed by atoms with van der Waals surface area (Å²) in [5, 5.41) is 19.1. The molecule has 96 valence electrons. The monoisotopic (exact) mass is 257 g/mol. The van der Waals surface area contributed by atoms with Gasteiger partial charge in [-0.05, 0) is 12.1 Å². The number of H-pyrrole nitrogens is 1. The van der Waals surface area contributed by atoms with Crippen molar-refractivity contribution in [3.05, 3.63) is 30.5 Å². The summed E-state index contributed by atoms with van der Waals surface area (Å²) < 4.78 is 1.85. The van der Waals surface area contributed by atoms with Crippen LogP contribution in [0.2, 0.25) is 0 Å². The van der Waals surface area contributed by atoms with E-state index in [9.17, 15) is 4.79 Å².